The van der Waals surface area contributed by atoms with Crippen molar-refractivity contribution in [3.63, 3.8) is 0 Å². The van der Waals surface area contributed by atoms with E-state index < -0.39 is 11.6 Å². The van der Waals surface area contributed by atoms with Crippen molar-refractivity contribution in [3.8, 4) is 11.5 Å². The van der Waals surface area contributed by atoms with Crippen molar-refractivity contribution >= 4 is 11.7 Å². The molecule has 0 aromatic heterocycles. The van der Waals surface area contributed by atoms with Crippen LogP contribution < -0.4 is 9.47 Å². The van der Waals surface area contributed by atoms with Crippen LogP contribution in [-0.2, 0) is 9.63 Å². The standard InChI is InChI=1S/C13H15NO5/c1-13(12(15)16)7-10(14-19-13)9-5-4-8(17-2)6-11(9)18-3/h4-6H,7H2,1-3H3,(H,15,16)/t13-/m0/s1. The van der Waals surface area contributed by atoms with Crippen LogP contribution in [0.2, 0.25) is 0 Å². The number of carboxylic acids is 1. The first kappa shape index (κ1) is 13.2. The quantitative estimate of drug-likeness (QED) is 0.896. The number of rotatable bonds is 4. The highest BCUT2D eigenvalue weighted by Gasteiger charge is 2.42. The molecule has 1 aliphatic heterocycles. The van der Waals surface area contributed by atoms with Gasteiger partial charge in [0.15, 0.2) is 0 Å². The van der Waals surface area contributed by atoms with Gasteiger partial charge in [-0.15, -0.1) is 0 Å². The third-order valence-electron chi connectivity index (χ3n) is 3.03. The largest absolute Gasteiger partial charge is 0.497 e. The molecule has 6 heteroatoms. The van der Waals surface area contributed by atoms with Gasteiger partial charge in [-0.25, -0.2) is 4.79 Å². The molecule has 0 radical (unpaired) electrons. The van der Waals surface area contributed by atoms with E-state index in [-0.39, 0.29) is 6.42 Å². The molecule has 102 valence electrons. The molecule has 0 amide bonds. The topological polar surface area (TPSA) is 77.4 Å². The van der Waals surface area contributed by atoms with E-state index in [1.54, 1.807) is 25.3 Å². The van der Waals surface area contributed by atoms with Crippen molar-refractivity contribution < 1.29 is 24.2 Å². The summed E-state index contributed by atoms with van der Waals surface area (Å²) >= 11 is 0. The van der Waals surface area contributed by atoms with Gasteiger partial charge in [0.25, 0.3) is 0 Å². The van der Waals surface area contributed by atoms with Crippen molar-refractivity contribution in [2.24, 2.45) is 5.16 Å². The normalized spacial score (nSPS) is 21.5. The average Bonchev–Trinajstić information content (AvgIpc) is 2.82. The van der Waals surface area contributed by atoms with E-state index in [2.05, 4.69) is 5.16 Å². The lowest BCUT2D eigenvalue weighted by Crippen LogP contribution is -2.35. The third kappa shape index (κ3) is 2.33. The van der Waals surface area contributed by atoms with Crippen LogP contribution in [0, 0.1) is 0 Å². The van der Waals surface area contributed by atoms with Crippen LogP contribution in [0.25, 0.3) is 0 Å². The maximum absolute atomic E-state index is 11.1. The fourth-order valence-electron chi connectivity index (χ4n) is 1.84. The molecule has 6 nitrogen and oxygen atoms in total. The van der Waals surface area contributed by atoms with Crippen LogP contribution in [-0.4, -0.2) is 36.6 Å². The fraction of sp³-hybridized carbons (Fsp3) is 0.385. The molecule has 0 aliphatic carbocycles. The fourth-order valence-corrected chi connectivity index (χ4v) is 1.84. The van der Waals surface area contributed by atoms with Gasteiger partial charge in [0.2, 0.25) is 5.60 Å². The summed E-state index contributed by atoms with van der Waals surface area (Å²) in [6.07, 6.45) is 0.186. The molecule has 1 atom stereocenters. The SMILES string of the molecule is COc1ccc(C2=NO[C@](C)(C(=O)O)C2)c(OC)c1. The average molecular weight is 265 g/mol. The molecule has 1 heterocycles. The number of carboxylic acid groups (broad SMARTS) is 1. The van der Waals surface area contributed by atoms with Crippen molar-refractivity contribution in [3.05, 3.63) is 23.8 Å². The Morgan fingerprint density at radius 2 is 2.16 bits per heavy atom. The predicted molar refractivity (Wildman–Crippen MR) is 67.8 cm³/mol. The molecule has 0 unspecified atom stereocenters. The van der Waals surface area contributed by atoms with E-state index in [0.29, 0.717) is 22.8 Å². The zero-order valence-corrected chi connectivity index (χ0v) is 11.0. The number of hydrogen-bond donors (Lipinski definition) is 1. The van der Waals surface area contributed by atoms with Crippen LogP contribution in [0.3, 0.4) is 0 Å². The Morgan fingerprint density at radius 3 is 2.68 bits per heavy atom. The molecule has 1 aromatic rings. The van der Waals surface area contributed by atoms with Crippen molar-refractivity contribution in [1.29, 1.82) is 0 Å². The van der Waals surface area contributed by atoms with Gasteiger partial charge in [-0.3, -0.25) is 0 Å². The Hall–Kier alpha value is -2.24. The summed E-state index contributed by atoms with van der Waals surface area (Å²) < 4.78 is 10.4. The number of oxime groups is 1. The maximum atomic E-state index is 11.1. The molecule has 0 spiro atoms. The molecular weight excluding hydrogens is 250 g/mol. The lowest BCUT2D eigenvalue weighted by molar-refractivity contribution is -0.160. The number of methoxy groups -OCH3 is 2. The van der Waals surface area contributed by atoms with Gasteiger partial charge in [-0.1, -0.05) is 5.16 Å². The predicted octanol–water partition coefficient (Wildman–Crippen LogP) is 1.67. The first-order valence-electron chi connectivity index (χ1n) is 5.71. The van der Waals surface area contributed by atoms with Gasteiger partial charge >= 0.3 is 5.97 Å². The lowest BCUT2D eigenvalue weighted by Gasteiger charge is -2.15. The van der Waals surface area contributed by atoms with E-state index in [1.807, 2.05) is 0 Å². The van der Waals surface area contributed by atoms with E-state index in [1.165, 1.54) is 14.0 Å². The molecule has 1 N–H and O–H groups in total. The van der Waals surface area contributed by atoms with Crippen LogP contribution in [0.1, 0.15) is 18.9 Å². The molecule has 0 bridgehead atoms. The summed E-state index contributed by atoms with van der Waals surface area (Å²) in [7, 11) is 3.09. The Morgan fingerprint density at radius 1 is 1.42 bits per heavy atom. The number of carbonyl (C=O) groups is 1. The summed E-state index contributed by atoms with van der Waals surface area (Å²) in [5, 5.41) is 13.0. The Balaban J connectivity index is 2.32. The van der Waals surface area contributed by atoms with Crippen LogP contribution in [0.15, 0.2) is 23.4 Å². The highest BCUT2D eigenvalue weighted by Crippen LogP contribution is 2.32. The number of aliphatic carboxylic acids is 1. The number of hydrogen-bond acceptors (Lipinski definition) is 5. The number of nitrogens with zero attached hydrogens (tertiary/aromatic N) is 1. The maximum Gasteiger partial charge on any atom is 0.351 e. The second-order valence-corrected chi connectivity index (χ2v) is 4.41. The third-order valence-corrected chi connectivity index (χ3v) is 3.03. The van der Waals surface area contributed by atoms with Gasteiger partial charge in [0.05, 0.1) is 19.9 Å². The Kier molecular flexibility index (Phi) is 3.33. The van der Waals surface area contributed by atoms with Crippen molar-refractivity contribution in [2.75, 3.05) is 14.2 Å². The smallest absolute Gasteiger partial charge is 0.351 e. The van der Waals surface area contributed by atoms with Gasteiger partial charge in [-0.2, -0.15) is 0 Å². The van der Waals surface area contributed by atoms with Crippen LogP contribution >= 0.6 is 0 Å². The first-order valence-corrected chi connectivity index (χ1v) is 5.71. The van der Waals surface area contributed by atoms with E-state index >= 15 is 0 Å². The summed E-state index contributed by atoms with van der Waals surface area (Å²) in [5.41, 5.74) is -0.0713. The van der Waals surface area contributed by atoms with E-state index in [4.69, 9.17) is 19.4 Å². The monoisotopic (exact) mass is 265 g/mol. The minimum absolute atomic E-state index is 0.186. The summed E-state index contributed by atoms with van der Waals surface area (Å²) in [6, 6.07) is 5.25. The van der Waals surface area contributed by atoms with Crippen LogP contribution in [0.4, 0.5) is 0 Å². The first-order chi connectivity index (χ1) is 9.00. The molecule has 2 rings (SSSR count). The summed E-state index contributed by atoms with van der Waals surface area (Å²) in [5.74, 6) is 0.177. The van der Waals surface area contributed by atoms with E-state index in [9.17, 15) is 4.79 Å². The second kappa shape index (κ2) is 4.79. The van der Waals surface area contributed by atoms with Crippen LogP contribution in [0.5, 0.6) is 11.5 Å². The van der Waals surface area contributed by atoms with E-state index in [0.717, 1.165) is 0 Å². The molecular formula is C13H15NO5. The molecule has 0 saturated carbocycles. The molecule has 0 saturated heterocycles. The van der Waals surface area contributed by atoms with Gasteiger partial charge in [-0.05, 0) is 19.1 Å². The molecule has 1 aliphatic rings. The molecule has 1 aromatic carbocycles. The van der Waals surface area contributed by atoms with Gasteiger partial charge in [0, 0.05) is 18.1 Å². The van der Waals surface area contributed by atoms with Gasteiger partial charge in [0.1, 0.15) is 11.5 Å². The highest BCUT2D eigenvalue weighted by molar-refractivity contribution is 6.06. The number of ether oxygens (including phenoxy) is 2. The van der Waals surface area contributed by atoms with Gasteiger partial charge < -0.3 is 19.4 Å². The zero-order valence-electron chi connectivity index (χ0n) is 11.0. The molecule has 0 fully saturated rings. The highest BCUT2D eigenvalue weighted by atomic mass is 16.7. The zero-order chi connectivity index (χ0) is 14.0. The molecule has 19 heavy (non-hydrogen) atoms. The number of benzene rings is 1. The second-order valence-electron chi connectivity index (χ2n) is 4.41. The summed E-state index contributed by atoms with van der Waals surface area (Å²) in [4.78, 5) is 16.1. The summed E-state index contributed by atoms with van der Waals surface area (Å²) in [6.45, 7) is 1.49. The van der Waals surface area contributed by atoms with Crippen molar-refractivity contribution in [2.45, 2.75) is 18.9 Å². The lowest BCUT2D eigenvalue weighted by atomic mass is 9.95. The Labute approximate surface area is 110 Å². The minimum Gasteiger partial charge on any atom is -0.497 e. The Bertz CT molecular complexity index is 540. The minimum atomic E-state index is -1.32. The van der Waals surface area contributed by atoms with Crippen molar-refractivity contribution in [1.82, 2.24) is 0 Å².